The first kappa shape index (κ1) is 18.0. The van der Waals surface area contributed by atoms with Crippen molar-refractivity contribution >= 4 is 34.2 Å². The van der Waals surface area contributed by atoms with Gasteiger partial charge in [0.2, 0.25) is 5.78 Å². The number of thioether (sulfide) groups is 1. The van der Waals surface area contributed by atoms with Gasteiger partial charge < -0.3 is 14.5 Å². The first-order chi connectivity index (χ1) is 13.6. The Morgan fingerprint density at radius 1 is 1.21 bits per heavy atom. The zero-order valence-corrected chi connectivity index (χ0v) is 16.1. The van der Waals surface area contributed by atoms with Crippen LogP contribution >= 0.6 is 11.8 Å². The number of hydrogen-bond acceptors (Lipinski definition) is 5. The molecule has 0 amide bonds. The van der Waals surface area contributed by atoms with Crippen LogP contribution in [0.15, 0.2) is 70.3 Å². The fourth-order valence-corrected chi connectivity index (χ4v) is 3.96. The van der Waals surface area contributed by atoms with E-state index >= 15 is 0 Å². The molecular formula is C22H16N2O3S. The predicted octanol–water partition coefficient (Wildman–Crippen LogP) is 5.25. The maximum Gasteiger partial charge on any atom is 0.210 e. The fraction of sp³-hybridized carbons (Fsp3) is 0.0909. The van der Waals surface area contributed by atoms with Crippen LogP contribution in [-0.4, -0.2) is 17.9 Å². The van der Waals surface area contributed by atoms with Gasteiger partial charge in [0.15, 0.2) is 5.09 Å². The van der Waals surface area contributed by atoms with Crippen LogP contribution in [0.25, 0.3) is 16.7 Å². The molecule has 0 radical (unpaired) electrons. The molecular weight excluding hydrogens is 372 g/mol. The number of fused-ring (bicyclic) bond motifs is 1. The number of methoxy groups -OCH3 is 1. The number of hydrogen-bond donors (Lipinski definition) is 1. The van der Waals surface area contributed by atoms with Crippen LogP contribution < -0.4 is 4.74 Å². The first-order valence-corrected chi connectivity index (χ1v) is 9.40. The molecule has 4 rings (SSSR count). The number of H-pyrrole nitrogens is 1. The summed E-state index contributed by atoms with van der Waals surface area (Å²) >= 11 is 1.30. The summed E-state index contributed by atoms with van der Waals surface area (Å²) < 4.78 is 11.2. The van der Waals surface area contributed by atoms with Crippen molar-refractivity contribution in [3.05, 3.63) is 81.4 Å². The lowest BCUT2D eigenvalue weighted by Gasteiger charge is -2.06. The first-order valence-electron chi connectivity index (χ1n) is 8.58. The molecule has 2 heterocycles. The summed E-state index contributed by atoms with van der Waals surface area (Å²) in [5.41, 5.74) is 2.10. The van der Waals surface area contributed by atoms with Crippen LogP contribution in [-0.2, 0) is 4.74 Å². The Hall–Kier alpha value is -3.43. The SMILES string of the molecule is COc1ccc2[nH]cc(C(=O)/C(C#N)=C3/OC(c4ccccc4)=C(C)S3)c2c1. The smallest absolute Gasteiger partial charge is 0.210 e. The Morgan fingerprint density at radius 3 is 2.71 bits per heavy atom. The normalized spacial score (nSPS) is 15.3. The Kier molecular flexibility index (Phi) is 4.68. The van der Waals surface area contributed by atoms with Gasteiger partial charge in [-0.15, -0.1) is 0 Å². The van der Waals surface area contributed by atoms with Crippen molar-refractivity contribution in [2.45, 2.75) is 6.92 Å². The number of carbonyl (C=O) groups excluding carboxylic acids is 1. The number of aromatic amines is 1. The summed E-state index contributed by atoms with van der Waals surface area (Å²) in [5, 5.41) is 10.7. The quantitative estimate of drug-likeness (QED) is 0.375. The van der Waals surface area contributed by atoms with Gasteiger partial charge in [0.25, 0.3) is 0 Å². The number of aromatic nitrogens is 1. The second kappa shape index (κ2) is 7.29. The van der Waals surface area contributed by atoms with Crippen molar-refractivity contribution in [1.29, 1.82) is 5.26 Å². The summed E-state index contributed by atoms with van der Waals surface area (Å²) in [5.74, 6) is 0.927. The highest BCUT2D eigenvalue weighted by molar-refractivity contribution is 8.07. The maximum atomic E-state index is 13.1. The van der Waals surface area contributed by atoms with Crippen molar-refractivity contribution in [2.75, 3.05) is 7.11 Å². The van der Waals surface area contributed by atoms with Gasteiger partial charge in [0.1, 0.15) is 23.2 Å². The molecule has 0 bridgehead atoms. The van der Waals surface area contributed by atoms with E-state index in [1.807, 2.05) is 55.5 Å². The highest BCUT2D eigenvalue weighted by atomic mass is 32.2. The number of nitriles is 1. The molecule has 0 saturated carbocycles. The van der Waals surface area contributed by atoms with Gasteiger partial charge in [-0.05, 0) is 25.1 Å². The summed E-state index contributed by atoms with van der Waals surface area (Å²) in [6.45, 7) is 1.91. The second-order valence-corrected chi connectivity index (χ2v) is 7.36. The zero-order chi connectivity index (χ0) is 19.7. The topological polar surface area (TPSA) is 75.1 Å². The van der Waals surface area contributed by atoms with Crippen molar-refractivity contribution in [1.82, 2.24) is 4.98 Å². The lowest BCUT2D eigenvalue weighted by molar-refractivity contribution is 0.103. The summed E-state index contributed by atoms with van der Waals surface area (Å²) in [4.78, 5) is 17.1. The number of allylic oxidation sites excluding steroid dienone is 2. The van der Waals surface area contributed by atoms with E-state index in [9.17, 15) is 10.1 Å². The van der Waals surface area contributed by atoms with Gasteiger partial charge >= 0.3 is 0 Å². The van der Waals surface area contributed by atoms with Gasteiger partial charge in [0.05, 0.1) is 7.11 Å². The number of ketones is 1. The molecule has 6 heteroatoms. The van der Waals surface area contributed by atoms with E-state index in [4.69, 9.17) is 9.47 Å². The van der Waals surface area contributed by atoms with E-state index in [1.54, 1.807) is 19.4 Å². The third kappa shape index (κ3) is 3.06. The average Bonchev–Trinajstić information content (AvgIpc) is 3.32. The second-order valence-electron chi connectivity index (χ2n) is 6.17. The third-order valence-corrected chi connectivity index (χ3v) is 5.44. The summed E-state index contributed by atoms with van der Waals surface area (Å²) in [6.07, 6.45) is 1.61. The van der Waals surface area contributed by atoms with Crippen LogP contribution in [0.5, 0.6) is 5.75 Å². The van der Waals surface area contributed by atoms with E-state index in [1.165, 1.54) is 11.8 Å². The van der Waals surface area contributed by atoms with Crippen LogP contribution in [0.3, 0.4) is 0 Å². The third-order valence-electron chi connectivity index (χ3n) is 4.47. The highest BCUT2D eigenvalue weighted by Crippen LogP contribution is 2.44. The number of Topliss-reactive ketones (excluding diaryl/α,β-unsaturated/α-hetero) is 1. The molecule has 0 spiro atoms. The Bertz CT molecular complexity index is 1180. The molecule has 0 saturated heterocycles. The molecule has 0 atom stereocenters. The van der Waals surface area contributed by atoms with Crippen molar-refractivity contribution in [3.8, 4) is 11.8 Å². The van der Waals surface area contributed by atoms with E-state index in [0.717, 1.165) is 16.0 Å². The molecule has 0 fully saturated rings. The van der Waals surface area contributed by atoms with Gasteiger partial charge in [-0.25, -0.2) is 0 Å². The summed E-state index contributed by atoms with van der Waals surface area (Å²) in [6, 6.07) is 17.1. The number of nitrogens with one attached hydrogen (secondary N) is 1. The van der Waals surface area contributed by atoms with Gasteiger partial charge in [-0.2, -0.15) is 5.26 Å². The molecule has 1 N–H and O–H groups in total. The lowest BCUT2D eigenvalue weighted by atomic mass is 10.0. The number of nitrogens with zero attached hydrogens (tertiary/aromatic N) is 1. The van der Waals surface area contributed by atoms with E-state index in [2.05, 4.69) is 4.98 Å². The molecule has 1 aliphatic rings. The molecule has 1 aliphatic heterocycles. The molecule has 2 aromatic carbocycles. The lowest BCUT2D eigenvalue weighted by Crippen LogP contribution is -2.04. The molecule has 0 aliphatic carbocycles. The Balaban J connectivity index is 1.72. The largest absolute Gasteiger partial charge is 0.497 e. The number of ether oxygens (including phenoxy) is 2. The number of carbonyl (C=O) groups is 1. The van der Waals surface area contributed by atoms with E-state index in [0.29, 0.717) is 27.5 Å². The minimum Gasteiger partial charge on any atom is -0.497 e. The highest BCUT2D eigenvalue weighted by Gasteiger charge is 2.28. The van der Waals surface area contributed by atoms with Crippen LogP contribution in [0.1, 0.15) is 22.8 Å². The molecule has 28 heavy (non-hydrogen) atoms. The van der Waals surface area contributed by atoms with Crippen molar-refractivity contribution in [2.24, 2.45) is 0 Å². The minimum atomic E-state index is -0.383. The van der Waals surface area contributed by atoms with Gasteiger partial charge in [-0.1, -0.05) is 42.1 Å². The van der Waals surface area contributed by atoms with Gasteiger partial charge in [-0.3, -0.25) is 4.79 Å². The molecule has 1 aromatic heterocycles. The maximum absolute atomic E-state index is 13.1. The molecule has 3 aromatic rings. The molecule has 138 valence electrons. The predicted molar refractivity (Wildman–Crippen MR) is 110 cm³/mol. The number of benzene rings is 2. The van der Waals surface area contributed by atoms with Crippen molar-refractivity contribution < 1.29 is 14.3 Å². The average molecular weight is 388 g/mol. The minimum absolute atomic E-state index is 0.0148. The van der Waals surface area contributed by atoms with Crippen LogP contribution in [0.4, 0.5) is 0 Å². The Labute approximate surface area is 166 Å². The van der Waals surface area contributed by atoms with Gasteiger partial charge in [0, 0.05) is 33.1 Å². The van der Waals surface area contributed by atoms with E-state index < -0.39 is 0 Å². The van der Waals surface area contributed by atoms with E-state index in [-0.39, 0.29) is 11.4 Å². The number of rotatable bonds is 4. The molecule has 0 unspecified atom stereocenters. The van der Waals surface area contributed by atoms with Crippen molar-refractivity contribution in [3.63, 3.8) is 0 Å². The standard InChI is InChI=1S/C22H16N2O3S/c1-13-21(14-6-4-3-5-7-14)27-22(28-13)17(11-23)20(25)18-12-24-19-9-8-15(26-2)10-16(18)19/h3-10,12,24H,1-2H3/b22-17-. The summed E-state index contributed by atoms with van der Waals surface area (Å²) in [7, 11) is 1.57. The van der Waals surface area contributed by atoms with Crippen LogP contribution in [0, 0.1) is 11.3 Å². The Morgan fingerprint density at radius 2 is 2.00 bits per heavy atom. The van der Waals surface area contributed by atoms with Crippen LogP contribution in [0.2, 0.25) is 0 Å². The monoisotopic (exact) mass is 388 g/mol. The fourth-order valence-electron chi connectivity index (χ4n) is 3.06. The molecule has 5 nitrogen and oxygen atoms in total. The zero-order valence-electron chi connectivity index (χ0n) is 15.3.